The second-order valence-electron chi connectivity index (χ2n) is 9.79. The third-order valence-electron chi connectivity index (χ3n) is 6.36. The number of carboxylic acid groups (broad SMARTS) is 1. The average molecular weight is 595 g/mol. The Kier molecular flexibility index (Phi) is 8.11. The highest BCUT2D eigenvalue weighted by molar-refractivity contribution is 7.89. The number of ether oxygens (including phenoxy) is 3. The normalized spacial score (nSPS) is 13.5. The van der Waals surface area contributed by atoms with Crippen molar-refractivity contribution in [2.24, 2.45) is 0 Å². The number of methoxy groups -OCH3 is 1. The standard InChI is InChI=1S/C28H30N6O7S/c1-15(2)41-20-8-17(27(35)36)7-18(10-20)32-25-21-6-5-16(22-11-31-28(29-3)33-26(22)39-4)9-23(21)30-12-24(25)42(37,38)34-19-13-40-14-19/h5-12,15,19,34H,13-14H2,1-4H3,(H,30,32)(H,35,36)(H,29,31,33). The van der Waals surface area contributed by atoms with Crippen LogP contribution < -0.4 is 24.8 Å². The number of aromatic nitrogens is 3. The number of carbonyl (C=O) groups is 1. The number of carboxylic acids is 1. The van der Waals surface area contributed by atoms with Crippen LogP contribution in [0.15, 0.2) is 53.7 Å². The zero-order valence-corrected chi connectivity index (χ0v) is 24.2. The third-order valence-corrected chi connectivity index (χ3v) is 7.89. The summed E-state index contributed by atoms with van der Waals surface area (Å²) in [6.07, 6.45) is 2.67. The van der Waals surface area contributed by atoms with E-state index < -0.39 is 16.0 Å². The molecule has 0 saturated carbocycles. The lowest BCUT2D eigenvalue weighted by Gasteiger charge is -2.27. The Hall–Kier alpha value is -4.53. The van der Waals surface area contributed by atoms with E-state index in [2.05, 4.69) is 30.3 Å². The molecule has 1 aliphatic rings. The fourth-order valence-corrected chi connectivity index (χ4v) is 5.70. The highest BCUT2D eigenvalue weighted by Gasteiger charge is 2.29. The number of hydrogen-bond donors (Lipinski definition) is 4. The van der Waals surface area contributed by atoms with E-state index in [4.69, 9.17) is 14.2 Å². The Labute approximate surface area is 242 Å². The van der Waals surface area contributed by atoms with Crippen LogP contribution in [0.3, 0.4) is 0 Å². The number of benzene rings is 2. The summed E-state index contributed by atoms with van der Waals surface area (Å²) in [4.78, 5) is 24.9. The van der Waals surface area contributed by atoms with Gasteiger partial charge in [-0.25, -0.2) is 22.9 Å². The summed E-state index contributed by atoms with van der Waals surface area (Å²) in [5, 5.41) is 16.2. The van der Waals surface area contributed by atoms with E-state index in [9.17, 15) is 18.3 Å². The maximum Gasteiger partial charge on any atom is 0.335 e. The van der Waals surface area contributed by atoms with Crippen molar-refractivity contribution in [2.45, 2.75) is 30.9 Å². The highest BCUT2D eigenvalue weighted by atomic mass is 32.2. The Morgan fingerprint density at radius 2 is 1.90 bits per heavy atom. The van der Waals surface area contributed by atoms with Crippen LogP contribution in [0.25, 0.3) is 22.0 Å². The summed E-state index contributed by atoms with van der Waals surface area (Å²) in [5.74, 6) is -0.0957. The molecule has 13 nitrogen and oxygen atoms in total. The quantitative estimate of drug-likeness (QED) is 0.199. The van der Waals surface area contributed by atoms with E-state index >= 15 is 0 Å². The van der Waals surface area contributed by atoms with Crippen LogP contribution in [0, 0.1) is 0 Å². The van der Waals surface area contributed by atoms with E-state index in [0.717, 1.165) is 0 Å². The maximum atomic E-state index is 13.5. The summed E-state index contributed by atoms with van der Waals surface area (Å²) < 4.78 is 46.0. The lowest BCUT2D eigenvalue weighted by atomic mass is 10.0. The molecule has 0 atom stereocenters. The van der Waals surface area contributed by atoms with E-state index in [1.54, 1.807) is 37.5 Å². The molecule has 1 fully saturated rings. The number of hydrogen-bond acceptors (Lipinski definition) is 11. The molecule has 3 heterocycles. The van der Waals surface area contributed by atoms with Crippen molar-refractivity contribution >= 4 is 44.2 Å². The first-order valence-electron chi connectivity index (χ1n) is 13.0. The van der Waals surface area contributed by atoms with Gasteiger partial charge in [0.2, 0.25) is 21.9 Å². The van der Waals surface area contributed by atoms with Gasteiger partial charge in [-0.1, -0.05) is 12.1 Å². The number of fused-ring (bicyclic) bond motifs is 1. The van der Waals surface area contributed by atoms with Gasteiger partial charge in [-0.2, -0.15) is 4.98 Å². The van der Waals surface area contributed by atoms with Gasteiger partial charge in [-0.05, 0) is 37.6 Å². The monoisotopic (exact) mass is 594 g/mol. The zero-order valence-electron chi connectivity index (χ0n) is 23.3. The van der Waals surface area contributed by atoms with Crippen molar-refractivity contribution in [1.29, 1.82) is 0 Å². The molecule has 5 rings (SSSR count). The summed E-state index contributed by atoms with van der Waals surface area (Å²) >= 11 is 0. The van der Waals surface area contributed by atoms with Gasteiger partial charge in [0.15, 0.2) is 0 Å². The van der Waals surface area contributed by atoms with Gasteiger partial charge >= 0.3 is 5.97 Å². The molecule has 4 N–H and O–H groups in total. The molecule has 42 heavy (non-hydrogen) atoms. The highest BCUT2D eigenvalue weighted by Crippen LogP contribution is 2.37. The van der Waals surface area contributed by atoms with Crippen molar-refractivity contribution in [3.8, 4) is 22.8 Å². The molecular formula is C28H30N6O7S. The van der Waals surface area contributed by atoms with Crippen LogP contribution >= 0.6 is 0 Å². The van der Waals surface area contributed by atoms with Gasteiger partial charge in [0.05, 0.1) is 54.8 Å². The number of nitrogens with zero attached hydrogens (tertiary/aromatic N) is 3. The molecule has 0 unspecified atom stereocenters. The lowest BCUT2D eigenvalue weighted by Crippen LogP contribution is -2.48. The Balaban J connectivity index is 1.66. The first-order valence-corrected chi connectivity index (χ1v) is 14.5. The second-order valence-corrected chi connectivity index (χ2v) is 11.5. The molecule has 2 aromatic heterocycles. The fraction of sp³-hybridized carbons (Fsp3) is 0.286. The van der Waals surface area contributed by atoms with Gasteiger partial charge in [-0.3, -0.25) is 4.98 Å². The SMILES string of the molecule is CNc1ncc(-c2ccc3c(Nc4cc(OC(C)C)cc(C(=O)O)c4)c(S(=O)(=O)NC4COC4)cnc3c2)c(OC)n1. The van der Waals surface area contributed by atoms with E-state index in [1.807, 2.05) is 13.8 Å². The molecule has 1 saturated heterocycles. The van der Waals surface area contributed by atoms with Gasteiger partial charge in [0.25, 0.3) is 0 Å². The number of sulfonamides is 1. The summed E-state index contributed by atoms with van der Waals surface area (Å²) in [5.41, 5.74) is 2.29. The Morgan fingerprint density at radius 3 is 2.55 bits per heavy atom. The van der Waals surface area contributed by atoms with Crippen LogP contribution in [-0.4, -0.2) is 74.0 Å². The number of nitrogens with one attached hydrogen (secondary N) is 3. The summed E-state index contributed by atoms with van der Waals surface area (Å²) in [6.45, 7) is 4.17. The first-order chi connectivity index (χ1) is 20.1. The lowest BCUT2D eigenvalue weighted by molar-refractivity contribution is 0.00482. The molecular weight excluding hydrogens is 564 g/mol. The van der Waals surface area contributed by atoms with Crippen LogP contribution in [-0.2, 0) is 14.8 Å². The molecule has 0 spiro atoms. The molecule has 0 bridgehead atoms. The smallest absolute Gasteiger partial charge is 0.335 e. The zero-order chi connectivity index (χ0) is 30.0. The first kappa shape index (κ1) is 29.0. The number of aromatic carboxylic acids is 1. The molecule has 0 radical (unpaired) electrons. The molecule has 1 aliphatic heterocycles. The van der Waals surface area contributed by atoms with Crippen LogP contribution in [0.5, 0.6) is 11.6 Å². The van der Waals surface area contributed by atoms with E-state index in [1.165, 1.54) is 25.4 Å². The molecule has 14 heteroatoms. The average Bonchev–Trinajstić information content (AvgIpc) is 2.94. The molecule has 0 amide bonds. The third kappa shape index (κ3) is 6.05. The van der Waals surface area contributed by atoms with Crippen LogP contribution in [0.1, 0.15) is 24.2 Å². The largest absolute Gasteiger partial charge is 0.491 e. The number of pyridine rings is 1. The van der Waals surface area contributed by atoms with Crippen LogP contribution in [0.2, 0.25) is 0 Å². The van der Waals surface area contributed by atoms with Gasteiger partial charge in [-0.15, -0.1) is 0 Å². The van der Waals surface area contributed by atoms with Gasteiger partial charge < -0.3 is 30.0 Å². The molecule has 4 aromatic rings. The minimum atomic E-state index is -4.05. The van der Waals surface area contributed by atoms with Crippen LogP contribution in [0.4, 0.5) is 17.3 Å². The fourth-order valence-electron chi connectivity index (χ4n) is 4.38. The molecule has 220 valence electrons. The van der Waals surface area contributed by atoms with Gasteiger partial charge in [0.1, 0.15) is 10.6 Å². The van der Waals surface area contributed by atoms with Crippen molar-refractivity contribution in [3.05, 3.63) is 54.4 Å². The van der Waals surface area contributed by atoms with Gasteiger partial charge in [0, 0.05) is 36.6 Å². The van der Waals surface area contributed by atoms with Crippen molar-refractivity contribution in [2.75, 3.05) is 38.0 Å². The Bertz CT molecular complexity index is 1760. The van der Waals surface area contributed by atoms with Crippen molar-refractivity contribution in [1.82, 2.24) is 19.7 Å². The van der Waals surface area contributed by atoms with E-state index in [0.29, 0.717) is 45.3 Å². The Morgan fingerprint density at radius 1 is 1.12 bits per heavy atom. The van der Waals surface area contributed by atoms with Crippen molar-refractivity contribution < 1.29 is 32.5 Å². The number of anilines is 3. The maximum absolute atomic E-state index is 13.5. The summed E-state index contributed by atoms with van der Waals surface area (Å²) in [7, 11) is -0.842. The second kappa shape index (κ2) is 11.8. The molecule has 2 aromatic carbocycles. The number of rotatable bonds is 11. The predicted octanol–water partition coefficient (Wildman–Crippen LogP) is 3.65. The topological polar surface area (TPSA) is 174 Å². The summed E-state index contributed by atoms with van der Waals surface area (Å²) in [6, 6.07) is 9.34. The minimum Gasteiger partial charge on any atom is -0.491 e. The predicted molar refractivity (Wildman–Crippen MR) is 156 cm³/mol. The van der Waals surface area contributed by atoms with E-state index in [-0.39, 0.29) is 41.5 Å². The minimum absolute atomic E-state index is 0.0254. The molecule has 0 aliphatic carbocycles. The van der Waals surface area contributed by atoms with Crippen molar-refractivity contribution in [3.63, 3.8) is 0 Å².